The van der Waals surface area contributed by atoms with Gasteiger partial charge in [0.1, 0.15) is 5.76 Å². The number of aryl methyl sites for hydroxylation is 1. The van der Waals surface area contributed by atoms with E-state index in [0.717, 1.165) is 18.2 Å². The molecule has 0 spiro atoms. The molecular formula is C13H21NO. The summed E-state index contributed by atoms with van der Waals surface area (Å²) >= 11 is 0. The van der Waals surface area contributed by atoms with Gasteiger partial charge in [-0.25, -0.2) is 0 Å². The van der Waals surface area contributed by atoms with Gasteiger partial charge < -0.3 is 9.73 Å². The molecule has 1 fully saturated rings. The first kappa shape index (κ1) is 10.7. The fourth-order valence-corrected chi connectivity index (χ4v) is 2.76. The van der Waals surface area contributed by atoms with Gasteiger partial charge in [0.25, 0.3) is 0 Å². The Morgan fingerprint density at radius 1 is 1.47 bits per heavy atom. The smallest absolute Gasteiger partial charge is 0.105 e. The third kappa shape index (κ3) is 2.25. The predicted molar refractivity (Wildman–Crippen MR) is 61.8 cm³/mol. The van der Waals surface area contributed by atoms with Gasteiger partial charge in [0, 0.05) is 11.6 Å². The van der Waals surface area contributed by atoms with Crippen molar-refractivity contribution < 1.29 is 4.42 Å². The Kier molecular flexibility index (Phi) is 3.47. The van der Waals surface area contributed by atoms with E-state index in [-0.39, 0.29) is 0 Å². The van der Waals surface area contributed by atoms with Crippen LogP contribution in [0, 0.1) is 12.8 Å². The summed E-state index contributed by atoms with van der Waals surface area (Å²) in [4.78, 5) is 0. The molecule has 1 aromatic heterocycles. The standard InChI is InChI=1S/C13H21NO/c1-3-14-13(11-6-4-5-7-11)12-8-9-15-10(12)2/h8-9,11,13-14H,3-7H2,1-2H3. The van der Waals surface area contributed by atoms with Crippen molar-refractivity contribution in [3.63, 3.8) is 0 Å². The number of nitrogens with one attached hydrogen (secondary N) is 1. The van der Waals surface area contributed by atoms with Crippen molar-refractivity contribution in [3.05, 3.63) is 23.7 Å². The third-order valence-electron chi connectivity index (χ3n) is 3.53. The fourth-order valence-electron chi connectivity index (χ4n) is 2.76. The van der Waals surface area contributed by atoms with E-state index in [2.05, 4.69) is 25.2 Å². The SMILES string of the molecule is CCNC(c1ccoc1C)C1CCCC1. The molecule has 1 heterocycles. The summed E-state index contributed by atoms with van der Waals surface area (Å²) in [7, 11) is 0. The van der Waals surface area contributed by atoms with Gasteiger partial charge in [0.05, 0.1) is 6.26 Å². The monoisotopic (exact) mass is 207 g/mol. The molecule has 0 radical (unpaired) electrons. The highest BCUT2D eigenvalue weighted by atomic mass is 16.3. The second-order valence-electron chi connectivity index (χ2n) is 4.51. The third-order valence-corrected chi connectivity index (χ3v) is 3.53. The average molecular weight is 207 g/mol. The van der Waals surface area contributed by atoms with Crippen molar-refractivity contribution >= 4 is 0 Å². The molecule has 0 bridgehead atoms. The van der Waals surface area contributed by atoms with Crippen LogP contribution in [0.25, 0.3) is 0 Å². The van der Waals surface area contributed by atoms with Gasteiger partial charge in [-0.3, -0.25) is 0 Å². The van der Waals surface area contributed by atoms with Crippen LogP contribution in [0.4, 0.5) is 0 Å². The molecule has 0 aliphatic heterocycles. The summed E-state index contributed by atoms with van der Waals surface area (Å²) in [5.41, 5.74) is 1.36. The first-order chi connectivity index (χ1) is 7.33. The Balaban J connectivity index is 2.15. The van der Waals surface area contributed by atoms with E-state index >= 15 is 0 Å². The van der Waals surface area contributed by atoms with Crippen LogP contribution >= 0.6 is 0 Å². The second-order valence-corrected chi connectivity index (χ2v) is 4.51. The van der Waals surface area contributed by atoms with Crippen LogP contribution in [0.5, 0.6) is 0 Å². The van der Waals surface area contributed by atoms with Gasteiger partial charge in [-0.15, -0.1) is 0 Å². The molecule has 1 aliphatic carbocycles. The molecule has 1 unspecified atom stereocenters. The molecule has 2 rings (SSSR count). The highest BCUT2D eigenvalue weighted by Gasteiger charge is 2.27. The van der Waals surface area contributed by atoms with Crippen LogP contribution in [0.1, 0.15) is 50.0 Å². The van der Waals surface area contributed by atoms with Crippen molar-refractivity contribution in [1.29, 1.82) is 0 Å². The zero-order valence-corrected chi connectivity index (χ0v) is 9.75. The van der Waals surface area contributed by atoms with Gasteiger partial charge in [0.2, 0.25) is 0 Å². The van der Waals surface area contributed by atoms with Crippen LogP contribution in [0.15, 0.2) is 16.7 Å². The van der Waals surface area contributed by atoms with Gasteiger partial charge in [-0.1, -0.05) is 19.8 Å². The summed E-state index contributed by atoms with van der Waals surface area (Å²) in [5.74, 6) is 1.88. The quantitative estimate of drug-likeness (QED) is 0.818. The minimum atomic E-state index is 0.510. The first-order valence-corrected chi connectivity index (χ1v) is 6.10. The minimum absolute atomic E-state index is 0.510. The molecule has 2 heteroatoms. The molecule has 0 amide bonds. The van der Waals surface area contributed by atoms with Crippen LogP contribution in [-0.2, 0) is 0 Å². The van der Waals surface area contributed by atoms with E-state index in [0.29, 0.717) is 6.04 Å². The maximum Gasteiger partial charge on any atom is 0.105 e. The Morgan fingerprint density at radius 3 is 2.73 bits per heavy atom. The number of rotatable bonds is 4. The van der Waals surface area contributed by atoms with E-state index in [1.807, 2.05) is 6.26 Å². The molecule has 0 aromatic carbocycles. The van der Waals surface area contributed by atoms with Crippen molar-refractivity contribution in [2.75, 3.05) is 6.54 Å². The Hall–Kier alpha value is -0.760. The van der Waals surface area contributed by atoms with E-state index in [1.54, 1.807) is 0 Å². The zero-order chi connectivity index (χ0) is 10.7. The van der Waals surface area contributed by atoms with Crippen molar-refractivity contribution in [2.24, 2.45) is 5.92 Å². The Morgan fingerprint density at radius 2 is 2.20 bits per heavy atom. The molecule has 1 N–H and O–H groups in total. The van der Waals surface area contributed by atoms with Gasteiger partial charge >= 0.3 is 0 Å². The van der Waals surface area contributed by atoms with Crippen LogP contribution in [0.2, 0.25) is 0 Å². The molecular weight excluding hydrogens is 186 g/mol. The maximum atomic E-state index is 5.41. The Bertz CT molecular complexity index is 299. The summed E-state index contributed by atoms with van der Waals surface area (Å²) in [5, 5.41) is 3.61. The molecule has 2 nitrogen and oxygen atoms in total. The molecule has 0 saturated heterocycles. The molecule has 1 aliphatic rings. The van der Waals surface area contributed by atoms with E-state index in [1.165, 1.54) is 31.2 Å². The molecule has 15 heavy (non-hydrogen) atoms. The number of hydrogen-bond acceptors (Lipinski definition) is 2. The minimum Gasteiger partial charge on any atom is -0.469 e. The first-order valence-electron chi connectivity index (χ1n) is 6.10. The van der Waals surface area contributed by atoms with E-state index in [9.17, 15) is 0 Å². The lowest BCUT2D eigenvalue weighted by Gasteiger charge is -2.23. The fraction of sp³-hybridized carbons (Fsp3) is 0.692. The van der Waals surface area contributed by atoms with Crippen molar-refractivity contribution in [2.45, 2.75) is 45.6 Å². The zero-order valence-electron chi connectivity index (χ0n) is 9.75. The van der Waals surface area contributed by atoms with Gasteiger partial charge in [-0.05, 0) is 38.3 Å². The van der Waals surface area contributed by atoms with Crippen molar-refractivity contribution in [3.8, 4) is 0 Å². The highest BCUT2D eigenvalue weighted by Crippen LogP contribution is 2.36. The van der Waals surface area contributed by atoms with Crippen molar-refractivity contribution in [1.82, 2.24) is 5.32 Å². The maximum absolute atomic E-state index is 5.41. The molecule has 1 aromatic rings. The van der Waals surface area contributed by atoms with Gasteiger partial charge in [0.15, 0.2) is 0 Å². The van der Waals surface area contributed by atoms with Gasteiger partial charge in [-0.2, -0.15) is 0 Å². The number of hydrogen-bond donors (Lipinski definition) is 1. The lowest BCUT2D eigenvalue weighted by Crippen LogP contribution is -2.27. The number of furan rings is 1. The molecule has 84 valence electrons. The summed E-state index contributed by atoms with van der Waals surface area (Å²) < 4.78 is 5.41. The van der Waals surface area contributed by atoms with Crippen LogP contribution < -0.4 is 5.32 Å². The predicted octanol–water partition coefficient (Wildman–Crippen LogP) is 3.43. The molecule has 1 saturated carbocycles. The summed E-state index contributed by atoms with van der Waals surface area (Å²) in [6, 6.07) is 2.64. The summed E-state index contributed by atoms with van der Waals surface area (Å²) in [6.07, 6.45) is 7.32. The Labute approximate surface area is 92.1 Å². The van der Waals surface area contributed by atoms with E-state index in [4.69, 9.17) is 4.42 Å². The normalized spacial score (nSPS) is 19.6. The van der Waals surface area contributed by atoms with E-state index < -0.39 is 0 Å². The topological polar surface area (TPSA) is 25.2 Å². The lowest BCUT2D eigenvalue weighted by atomic mass is 9.92. The molecule has 1 atom stereocenters. The highest BCUT2D eigenvalue weighted by molar-refractivity contribution is 5.21. The van der Waals surface area contributed by atoms with Crippen LogP contribution in [0.3, 0.4) is 0 Å². The van der Waals surface area contributed by atoms with Crippen LogP contribution in [-0.4, -0.2) is 6.54 Å². The average Bonchev–Trinajstić information content (AvgIpc) is 2.85. The summed E-state index contributed by atoms with van der Waals surface area (Å²) in [6.45, 7) is 5.28. The largest absolute Gasteiger partial charge is 0.469 e. The second kappa shape index (κ2) is 4.84. The lowest BCUT2D eigenvalue weighted by molar-refractivity contribution is 0.368.